The number of carbonyl (C=O) groups excluding carboxylic acids is 1. The van der Waals surface area contributed by atoms with Crippen LogP contribution in [0.5, 0.6) is 5.75 Å². The van der Waals surface area contributed by atoms with Gasteiger partial charge in [-0.05, 0) is 32.9 Å². The van der Waals surface area contributed by atoms with Gasteiger partial charge in [-0.25, -0.2) is 4.79 Å². The summed E-state index contributed by atoms with van der Waals surface area (Å²) in [6.07, 6.45) is -0.413. The zero-order valence-electron chi connectivity index (χ0n) is 8.70. The molecule has 3 nitrogen and oxygen atoms in total. The Hall–Kier alpha value is -1.51. The van der Waals surface area contributed by atoms with E-state index >= 15 is 0 Å². The fourth-order valence-corrected chi connectivity index (χ4v) is 0.979. The molecule has 1 amide bonds. The van der Waals surface area contributed by atoms with Gasteiger partial charge in [-0.1, -0.05) is 17.7 Å². The Bertz CT molecular complexity index is 304. The van der Waals surface area contributed by atoms with Crippen molar-refractivity contribution in [1.82, 2.24) is 5.32 Å². The summed E-state index contributed by atoms with van der Waals surface area (Å²) in [6.45, 7) is 5.75. The monoisotopic (exact) mass is 193 g/mol. The Balaban J connectivity index is 2.52. The van der Waals surface area contributed by atoms with Crippen molar-refractivity contribution >= 4 is 6.09 Å². The van der Waals surface area contributed by atoms with Crippen LogP contribution < -0.4 is 10.1 Å². The maximum atomic E-state index is 11.2. The lowest BCUT2D eigenvalue weighted by molar-refractivity contribution is 0.197. The summed E-state index contributed by atoms with van der Waals surface area (Å²) >= 11 is 0. The van der Waals surface area contributed by atoms with Crippen LogP contribution >= 0.6 is 0 Å². The minimum Gasteiger partial charge on any atom is -0.410 e. The third kappa shape index (κ3) is 3.47. The van der Waals surface area contributed by atoms with E-state index in [9.17, 15) is 4.79 Å². The summed E-state index contributed by atoms with van der Waals surface area (Å²) in [5.41, 5.74) is 1.14. The normalized spacial score (nSPS) is 10.0. The highest BCUT2D eigenvalue weighted by atomic mass is 16.6. The number of amides is 1. The predicted octanol–water partition coefficient (Wildman–Crippen LogP) is 2.49. The van der Waals surface area contributed by atoms with Crippen molar-refractivity contribution in [2.75, 3.05) is 0 Å². The molecule has 0 unspecified atom stereocenters. The molecule has 1 N–H and O–H groups in total. The van der Waals surface area contributed by atoms with Gasteiger partial charge in [0.05, 0.1) is 0 Å². The van der Waals surface area contributed by atoms with E-state index in [0.29, 0.717) is 5.75 Å². The van der Waals surface area contributed by atoms with Crippen molar-refractivity contribution in [1.29, 1.82) is 0 Å². The largest absolute Gasteiger partial charge is 0.412 e. The Labute approximate surface area is 84.1 Å². The van der Waals surface area contributed by atoms with E-state index in [0.717, 1.165) is 5.56 Å². The van der Waals surface area contributed by atoms with Gasteiger partial charge in [0.15, 0.2) is 0 Å². The molecule has 0 aromatic heterocycles. The van der Waals surface area contributed by atoms with Crippen LogP contribution in [0.4, 0.5) is 4.79 Å². The molecule has 0 heterocycles. The highest BCUT2D eigenvalue weighted by Crippen LogP contribution is 2.11. The molecule has 0 aliphatic rings. The molecule has 0 fully saturated rings. The third-order valence-corrected chi connectivity index (χ3v) is 1.64. The Morgan fingerprint density at radius 3 is 2.36 bits per heavy atom. The van der Waals surface area contributed by atoms with E-state index in [1.165, 1.54) is 0 Å². The Kier molecular flexibility index (Phi) is 3.51. The highest BCUT2D eigenvalue weighted by Gasteiger charge is 2.04. The number of aryl methyl sites for hydroxylation is 1. The zero-order valence-corrected chi connectivity index (χ0v) is 8.70. The van der Waals surface area contributed by atoms with E-state index in [-0.39, 0.29) is 6.04 Å². The van der Waals surface area contributed by atoms with Crippen molar-refractivity contribution in [3.63, 3.8) is 0 Å². The van der Waals surface area contributed by atoms with E-state index < -0.39 is 6.09 Å². The summed E-state index contributed by atoms with van der Waals surface area (Å²) in [5.74, 6) is 0.564. The van der Waals surface area contributed by atoms with Crippen molar-refractivity contribution < 1.29 is 9.53 Å². The number of ether oxygens (including phenoxy) is 1. The lowest BCUT2D eigenvalue weighted by atomic mass is 10.2. The Morgan fingerprint density at radius 2 is 1.86 bits per heavy atom. The summed E-state index contributed by atoms with van der Waals surface area (Å²) in [6, 6.07) is 7.44. The number of nitrogens with one attached hydrogen (secondary N) is 1. The molecule has 76 valence electrons. The van der Waals surface area contributed by atoms with Crippen LogP contribution in [-0.4, -0.2) is 12.1 Å². The van der Waals surface area contributed by atoms with E-state index in [4.69, 9.17) is 4.74 Å². The second kappa shape index (κ2) is 4.65. The van der Waals surface area contributed by atoms with Gasteiger partial charge in [-0.3, -0.25) is 0 Å². The number of benzene rings is 1. The van der Waals surface area contributed by atoms with Gasteiger partial charge < -0.3 is 10.1 Å². The minimum atomic E-state index is -0.413. The van der Waals surface area contributed by atoms with Crippen LogP contribution in [0.25, 0.3) is 0 Å². The molecule has 0 atom stereocenters. The average molecular weight is 193 g/mol. The van der Waals surface area contributed by atoms with E-state index in [1.807, 2.05) is 32.9 Å². The molecule has 14 heavy (non-hydrogen) atoms. The highest BCUT2D eigenvalue weighted by molar-refractivity contribution is 5.70. The first-order valence-corrected chi connectivity index (χ1v) is 4.63. The maximum Gasteiger partial charge on any atom is 0.412 e. The molecule has 0 aliphatic heterocycles. The van der Waals surface area contributed by atoms with Crippen LogP contribution in [0.2, 0.25) is 0 Å². The van der Waals surface area contributed by atoms with Crippen LogP contribution in [0.3, 0.4) is 0 Å². The Morgan fingerprint density at radius 1 is 1.29 bits per heavy atom. The molecule has 1 rings (SSSR count). The molecule has 0 bridgehead atoms. The van der Waals surface area contributed by atoms with Gasteiger partial charge in [0.2, 0.25) is 0 Å². The van der Waals surface area contributed by atoms with Gasteiger partial charge in [0.1, 0.15) is 5.75 Å². The second-order valence-corrected chi connectivity index (χ2v) is 3.50. The average Bonchev–Trinajstić information content (AvgIpc) is 2.07. The van der Waals surface area contributed by atoms with Crippen molar-refractivity contribution in [3.05, 3.63) is 29.8 Å². The summed E-state index contributed by atoms with van der Waals surface area (Å²) in [5, 5.41) is 2.64. The molecule has 0 spiro atoms. The van der Waals surface area contributed by atoms with Gasteiger partial charge in [0, 0.05) is 6.04 Å². The standard InChI is InChI=1S/C11H15NO2/c1-8(2)12-11(13)14-10-6-4-9(3)5-7-10/h4-8H,1-3H3,(H,12,13). The number of rotatable bonds is 2. The van der Waals surface area contributed by atoms with Crippen LogP contribution in [-0.2, 0) is 0 Å². The number of hydrogen-bond donors (Lipinski definition) is 1. The minimum absolute atomic E-state index is 0.0907. The molecule has 0 radical (unpaired) electrons. The van der Waals surface area contributed by atoms with Crippen LogP contribution in [0, 0.1) is 6.92 Å². The van der Waals surface area contributed by atoms with Gasteiger partial charge >= 0.3 is 6.09 Å². The van der Waals surface area contributed by atoms with E-state index in [1.54, 1.807) is 12.1 Å². The van der Waals surface area contributed by atoms with Crippen molar-refractivity contribution in [3.8, 4) is 5.75 Å². The first-order valence-electron chi connectivity index (χ1n) is 4.63. The molecular weight excluding hydrogens is 178 g/mol. The molecule has 1 aromatic rings. The number of carbonyl (C=O) groups is 1. The van der Waals surface area contributed by atoms with Crippen molar-refractivity contribution in [2.45, 2.75) is 26.8 Å². The fourth-order valence-electron chi connectivity index (χ4n) is 0.979. The second-order valence-electron chi connectivity index (χ2n) is 3.50. The molecule has 0 saturated carbocycles. The lowest BCUT2D eigenvalue weighted by Crippen LogP contribution is -2.32. The SMILES string of the molecule is Cc1ccc(OC(=O)NC(C)C)cc1. The summed E-state index contributed by atoms with van der Waals surface area (Å²) < 4.78 is 5.03. The topological polar surface area (TPSA) is 38.3 Å². The van der Waals surface area contributed by atoms with Crippen LogP contribution in [0.15, 0.2) is 24.3 Å². The maximum absolute atomic E-state index is 11.2. The predicted molar refractivity (Wildman–Crippen MR) is 55.5 cm³/mol. The summed E-state index contributed by atoms with van der Waals surface area (Å²) in [7, 11) is 0. The third-order valence-electron chi connectivity index (χ3n) is 1.64. The fraction of sp³-hybridized carbons (Fsp3) is 0.364. The molecule has 0 saturated heterocycles. The zero-order chi connectivity index (χ0) is 10.6. The first-order chi connectivity index (χ1) is 6.58. The lowest BCUT2D eigenvalue weighted by Gasteiger charge is -2.08. The van der Waals surface area contributed by atoms with Gasteiger partial charge in [-0.2, -0.15) is 0 Å². The van der Waals surface area contributed by atoms with Gasteiger partial charge in [-0.15, -0.1) is 0 Å². The summed E-state index contributed by atoms with van der Waals surface area (Å²) in [4.78, 5) is 11.2. The quantitative estimate of drug-likeness (QED) is 0.783. The number of hydrogen-bond acceptors (Lipinski definition) is 2. The molecule has 0 aliphatic carbocycles. The van der Waals surface area contributed by atoms with E-state index in [2.05, 4.69) is 5.32 Å². The molecule has 1 aromatic carbocycles. The first kappa shape index (κ1) is 10.6. The molecule has 3 heteroatoms. The molecular formula is C11H15NO2. The smallest absolute Gasteiger partial charge is 0.410 e. The van der Waals surface area contributed by atoms with Crippen molar-refractivity contribution in [2.24, 2.45) is 0 Å². The van der Waals surface area contributed by atoms with Gasteiger partial charge in [0.25, 0.3) is 0 Å². The van der Waals surface area contributed by atoms with Crippen LogP contribution in [0.1, 0.15) is 19.4 Å².